The predicted molar refractivity (Wildman–Crippen MR) is 128 cm³/mol. The van der Waals surface area contributed by atoms with Gasteiger partial charge in [0.2, 0.25) is 0 Å². The maximum Gasteiger partial charge on any atom is 0.306 e. The Labute approximate surface area is 200 Å². The van der Waals surface area contributed by atoms with Gasteiger partial charge < -0.3 is 9.84 Å². The Bertz CT molecular complexity index is 1020. The average molecular weight is 472 g/mol. The van der Waals surface area contributed by atoms with Gasteiger partial charge in [0.1, 0.15) is 5.75 Å². The molecule has 0 aromatic heterocycles. The van der Waals surface area contributed by atoms with Crippen LogP contribution < -0.4 is 4.74 Å². The van der Waals surface area contributed by atoms with E-state index in [-0.39, 0.29) is 29.7 Å². The van der Waals surface area contributed by atoms with Crippen LogP contribution in [-0.2, 0) is 11.3 Å². The van der Waals surface area contributed by atoms with Gasteiger partial charge in [-0.1, -0.05) is 31.5 Å². The fourth-order valence-corrected chi connectivity index (χ4v) is 6.47. The molecule has 4 nitrogen and oxygen atoms in total. The van der Waals surface area contributed by atoms with Gasteiger partial charge in [0.05, 0.1) is 17.6 Å². The minimum Gasteiger partial charge on any atom is -0.490 e. The summed E-state index contributed by atoms with van der Waals surface area (Å²) in [5.74, 6) is 0.0341. The molecule has 184 valence electrons. The zero-order chi connectivity index (χ0) is 23.8. The summed E-state index contributed by atoms with van der Waals surface area (Å²) >= 11 is 0. The number of carboxylic acids is 1. The summed E-state index contributed by atoms with van der Waals surface area (Å²) in [6.07, 6.45) is 5.88. The molecule has 5 rings (SSSR count). The Morgan fingerprint density at radius 3 is 2.38 bits per heavy atom. The van der Waals surface area contributed by atoms with Gasteiger partial charge in [-0.25, -0.2) is 8.78 Å². The number of fused-ring (bicyclic) bond motifs is 3. The average Bonchev–Trinajstić information content (AvgIpc) is 2.79. The van der Waals surface area contributed by atoms with Gasteiger partial charge >= 0.3 is 5.97 Å². The maximum atomic E-state index is 14.3. The highest BCUT2D eigenvalue weighted by Crippen LogP contribution is 2.41. The van der Waals surface area contributed by atoms with Crippen molar-refractivity contribution in [1.29, 1.82) is 0 Å². The van der Waals surface area contributed by atoms with Gasteiger partial charge in [-0.15, -0.1) is 0 Å². The Morgan fingerprint density at radius 1 is 1.06 bits per heavy atom. The fourth-order valence-electron chi connectivity index (χ4n) is 6.47. The first-order chi connectivity index (χ1) is 16.4. The Hall–Kier alpha value is -2.21. The molecule has 2 bridgehead atoms. The summed E-state index contributed by atoms with van der Waals surface area (Å²) in [7, 11) is 0. The van der Waals surface area contributed by atoms with Crippen molar-refractivity contribution in [3.63, 3.8) is 0 Å². The standard InChI is InChI=1S/C28H35F2NO3/c1-17-5-10-23(11-6-17)34-25-12-9-19-8-7-18(13-24(19)26(25)27(29)30)16-31-21-3-2-4-22(31)15-20(14-21)28(32)33/h7-9,12-13,17,20-23,27H,2-6,10-11,14-16H2,1H3,(H,32,33). The third kappa shape index (κ3) is 4.79. The fraction of sp³-hybridized carbons (Fsp3) is 0.607. The molecule has 2 saturated heterocycles. The molecule has 2 heterocycles. The third-order valence-electron chi connectivity index (χ3n) is 8.40. The molecule has 2 aliphatic heterocycles. The normalized spacial score (nSPS) is 29.9. The lowest BCUT2D eigenvalue weighted by Crippen LogP contribution is -2.52. The van der Waals surface area contributed by atoms with E-state index < -0.39 is 12.4 Å². The van der Waals surface area contributed by atoms with Gasteiger partial charge in [-0.2, -0.15) is 0 Å². The van der Waals surface area contributed by atoms with Gasteiger partial charge in [-0.3, -0.25) is 9.69 Å². The number of hydrogen-bond donors (Lipinski definition) is 1. The second-order valence-corrected chi connectivity index (χ2v) is 10.8. The van der Waals surface area contributed by atoms with Crippen molar-refractivity contribution in [3.8, 4) is 5.75 Å². The molecular weight excluding hydrogens is 436 g/mol. The number of carbonyl (C=O) groups is 1. The van der Waals surface area contributed by atoms with E-state index in [9.17, 15) is 18.7 Å². The summed E-state index contributed by atoms with van der Waals surface area (Å²) in [6, 6.07) is 9.97. The lowest BCUT2D eigenvalue weighted by atomic mass is 9.78. The van der Waals surface area contributed by atoms with E-state index in [4.69, 9.17) is 4.74 Å². The number of nitrogens with zero attached hydrogens (tertiary/aromatic N) is 1. The van der Waals surface area contributed by atoms with Crippen molar-refractivity contribution in [1.82, 2.24) is 4.90 Å². The quantitative estimate of drug-likeness (QED) is 0.495. The first-order valence-corrected chi connectivity index (χ1v) is 12.9. The van der Waals surface area contributed by atoms with Crippen LogP contribution in [-0.4, -0.2) is 34.2 Å². The minimum absolute atomic E-state index is 0.00255. The minimum atomic E-state index is -2.61. The van der Waals surface area contributed by atoms with E-state index in [1.54, 1.807) is 6.07 Å². The van der Waals surface area contributed by atoms with Crippen LogP contribution in [0, 0.1) is 11.8 Å². The highest BCUT2D eigenvalue weighted by Gasteiger charge is 2.40. The first kappa shape index (κ1) is 23.5. The maximum absolute atomic E-state index is 14.3. The molecular formula is C28H35F2NO3. The lowest BCUT2D eigenvalue weighted by Gasteiger charge is -2.48. The van der Waals surface area contributed by atoms with Crippen LogP contribution in [0.4, 0.5) is 8.78 Å². The number of carboxylic acid groups (broad SMARTS) is 1. The van der Waals surface area contributed by atoms with Gasteiger partial charge in [0.15, 0.2) is 0 Å². The number of aliphatic carboxylic acids is 1. The van der Waals surface area contributed by atoms with Gasteiger partial charge in [0.25, 0.3) is 6.43 Å². The highest BCUT2D eigenvalue weighted by atomic mass is 19.3. The molecule has 2 aromatic carbocycles. The molecule has 2 unspecified atom stereocenters. The smallest absolute Gasteiger partial charge is 0.306 e. The monoisotopic (exact) mass is 471 g/mol. The van der Waals surface area contributed by atoms with Crippen LogP contribution in [0.5, 0.6) is 5.75 Å². The van der Waals surface area contributed by atoms with E-state index in [1.165, 1.54) is 0 Å². The molecule has 3 aliphatic rings. The molecule has 0 spiro atoms. The van der Waals surface area contributed by atoms with Crippen LogP contribution in [0.25, 0.3) is 10.8 Å². The molecule has 0 amide bonds. The van der Waals surface area contributed by atoms with Crippen molar-refractivity contribution in [3.05, 3.63) is 41.5 Å². The Morgan fingerprint density at radius 2 is 1.74 bits per heavy atom. The number of hydrogen-bond acceptors (Lipinski definition) is 3. The number of benzene rings is 2. The molecule has 2 aromatic rings. The Kier molecular flexibility index (Phi) is 6.79. The third-order valence-corrected chi connectivity index (χ3v) is 8.40. The van der Waals surface area contributed by atoms with Crippen molar-refractivity contribution in [2.24, 2.45) is 11.8 Å². The summed E-state index contributed by atoms with van der Waals surface area (Å²) in [5, 5.41) is 10.9. The van der Waals surface area contributed by atoms with Crippen LogP contribution in [0.15, 0.2) is 30.3 Å². The van der Waals surface area contributed by atoms with Crippen LogP contribution >= 0.6 is 0 Å². The number of alkyl halides is 2. The molecule has 0 radical (unpaired) electrons. The molecule has 3 fully saturated rings. The van der Waals surface area contributed by atoms with Crippen LogP contribution in [0.2, 0.25) is 0 Å². The largest absolute Gasteiger partial charge is 0.490 e. The molecule has 2 atom stereocenters. The van der Waals surface area contributed by atoms with E-state index in [0.717, 1.165) is 55.9 Å². The van der Waals surface area contributed by atoms with Crippen LogP contribution in [0.1, 0.15) is 82.3 Å². The summed E-state index contributed by atoms with van der Waals surface area (Å²) < 4.78 is 34.8. The molecule has 34 heavy (non-hydrogen) atoms. The Balaban J connectivity index is 1.41. The second-order valence-electron chi connectivity index (χ2n) is 10.8. The lowest BCUT2D eigenvalue weighted by molar-refractivity contribution is -0.146. The van der Waals surface area contributed by atoms with E-state index in [0.29, 0.717) is 36.4 Å². The van der Waals surface area contributed by atoms with Crippen molar-refractivity contribution < 1.29 is 23.4 Å². The van der Waals surface area contributed by atoms with Gasteiger partial charge in [-0.05, 0) is 85.8 Å². The number of piperidine rings is 2. The number of ether oxygens (including phenoxy) is 1. The predicted octanol–water partition coefficient (Wildman–Crippen LogP) is 6.95. The summed E-state index contributed by atoms with van der Waals surface area (Å²) in [5.41, 5.74) is 1.01. The van der Waals surface area contributed by atoms with Crippen LogP contribution in [0.3, 0.4) is 0 Å². The van der Waals surface area contributed by atoms with Crippen molar-refractivity contribution in [2.75, 3.05) is 0 Å². The molecule has 1 saturated carbocycles. The number of rotatable bonds is 6. The second kappa shape index (κ2) is 9.80. The molecule has 6 heteroatoms. The van der Waals surface area contributed by atoms with Crippen molar-refractivity contribution in [2.45, 2.75) is 95.9 Å². The summed E-state index contributed by atoms with van der Waals surface area (Å²) in [6.45, 7) is 2.91. The van der Waals surface area contributed by atoms with E-state index in [2.05, 4.69) is 11.8 Å². The van der Waals surface area contributed by atoms with Gasteiger partial charge in [0, 0.05) is 18.6 Å². The number of halogens is 2. The zero-order valence-corrected chi connectivity index (χ0v) is 19.9. The molecule has 1 N–H and O–H groups in total. The molecule has 1 aliphatic carbocycles. The zero-order valence-electron chi connectivity index (χ0n) is 19.9. The van der Waals surface area contributed by atoms with Crippen molar-refractivity contribution >= 4 is 16.7 Å². The topological polar surface area (TPSA) is 49.8 Å². The van der Waals surface area contributed by atoms with E-state index >= 15 is 0 Å². The highest BCUT2D eigenvalue weighted by molar-refractivity contribution is 5.88. The first-order valence-electron chi connectivity index (χ1n) is 12.9. The van der Waals surface area contributed by atoms with E-state index in [1.807, 2.05) is 24.3 Å². The summed E-state index contributed by atoms with van der Waals surface area (Å²) in [4.78, 5) is 14.0. The SMILES string of the molecule is CC1CCC(Oc2ccc3ccc(CN4C5CCCC4CC(C(=O)O)C5)cc3c2C(F)F)CC1.